The Labute approximate surface area is 165 Å². The summed E-state index contributed by atoms with van der Waals surface area (Å²) in [5.74, 6) is -0.672. The molecule has 1 aromatic carbocycles. The average molecular weight is 391 g/mol. The molecule has 0 unspecified atom stereocenters. The fraction of sp³-hybridized carbons (Fsp3) is 0.500. The molecule has 0 atom stereocenters. The van der Waals surface area contributed by atoms with Crippen LogP contribution < -0.4 is 16.0 Å². The standard InChI is InChI=1S/C20H29N3O5/c1-21-18(26)12-13-22-20(28)15-8-10-16(11-9-15)23-19(27)7-5-3-2-4-6-17(25)14-24/h8-11,24H,2-7,12-14H2,1H3,(H,21,26)(H,22,28)(H,23,27). The number of anilines is 1. The van der Waals surface area contributed by atoms with E-state index in [1.807, 2.05) is 0 Å². The van der Waals surface area contributed by atoms with Crippen molar-refractivity contribution in [2.24, 2.45) is 0 Å². The van der Waals surface area contributed by atoms with Crippen LogP contribution in [0.2, 0.25) is 0 Å². The predicted molar refractivity (Wildman–Crippen MR) is 106 cm³/mol. The minimum atomic E-state index is -0.404. The molecule has 0 radical (unpaired) electrons. The number of hydrogen-bond acceptors (Lipinski definition) is 5. The van der Waals surface area contributed by atoms with E-state index in [0.29, 0.717) is 24.1 Å². The molecule has 28 heavy (non-hydrogen) atoms. The molecular weight excluding hydrogens is 362 g/mol. The number of Topliss-reactive ketones (excluding diaryl/α,β-unsaturated/α-hetero) is 1. The summed E-state index contributed by atoms with van der Waals surface area (Å²) in [4.78, 5) is 46.0. The molecule has 154 valence electrons. The highest BCUT2D eigenvalue weighted by molar-refractivity contribution is 5.96. The monoisotopic (exact) mass is 391 g/mol. The van der Waals surface area contributed by atoms with Crippen LogP contribution in [0.1, 0.15) is 55.3 Å². The number of rotatable bonds is 13. The van der Waals surface area contributed by atoms with Crippen molar-refractivity contribution in [3.8, 4) is 0 Å². The molecule has 0 aliphatic carbocycles. The molecule has 0 spiro atoms. The third-order valence-electron chi connectivity index (χ3n) is 4.13. The molecule has 8 heteroatoms. The fourth-order valence-corrected chi connectivity index (χ4v) is 2.49. The maximum absolute atomic E-state index is 12.0. The second-order valence-electron chi connectivity index (χ2n) is 6.42. The Morgan fingerprint density at radius 1 is 0.857 bits per heavy atom. The number of amides is 3. The SMILES string of the molecule is CNC(=O)CCNC(=O)c1ccc(NC(=O)CCCCCCC(=O)CO)cc1. The summed E-state index contributed by atoms with van der Waals surface area (Å²) in [6, 6.07) is 6.55. The smallest absolute Gasteiger partial charge is 0.251 e. The summed E-state index contributed by atoms with van der Waals surface area (Å²) < 4.78 is 0. The van der Waals surface area contributed by atoms with Gasteiger partial charge in [0.15, 0.2) is 5.78 Å². The van der Waals surface area contributed by atoms with Crippen molar-refractivity contribution in [2.75, 3.05) is 25.5 Å². The molecule has 0 aromatic heterocycles. The van der Waals surface area contributed by atoms with Gasteiger partial charge in [0, 0.05) is 44.1 Å². The van der Waals surface area contributed by atoms with Crippen LogP contribution in [0.15, 0.2) is 24.3 Å². The van der Waals surface area contributed by atoms with Crippen molar-refractivity contribution in [2.45, 2.75) is 44.9 Å². The van der Waals surface area contributed by atoms with Crippen LogP contribution in [-0.4, -0.2) is 48.8 Å². The summed E-state index contributed by atoms with van der Waals surface area (Å²) in [7, 11) is 1.54. The maximum Gasteiger partial charge on any atom is 0.251 e. The number of benzene rings is 1. The third kappa shape index (κ3) is 9.82. The topological polar surface area (TPSA) is 125 Å². The minimum absolute atomic E-state index is 0.103. The van der Waals surface area contributed by atoms with Crippen molar-refractivity contribution in [1.29, 1.82) is 0 Å². The first kappa shape index (κ1) is 23.3. The van der Waals surface area contributed by atoms with Crippen molar-refractivity contribution in [3.63, 3.8) is 0 Å². The average Bonchev–Trinajstić information content (AvgIpc) is 2.70. The van der Waals surface area contributed by atoms with E-state index >= 15 is 0 Å². The number of aliphatic hydroxyl groups is 1. The Hall–Kier alpha value is -2.74. The van der Waals surface area contributed by atoms with E-state index in [9.17, 15) is 19.2 Å². The Bertz CT molecular complexity index is 658. The highest BCUT2D eigenvalue weighted by atomic mass is 16.3. The Balaban J connectivity index is 2.26. The van der Waals surface area contributed by atoms with Crippen molar-refractivity contribution in [1.82, 2.24) is 10.6 Å². The molecule has 0 aliphatic rings. The van der Waals surface area contributed by atoms with Gasteiger partial charge in [0.05, 0.1) is 0 Å². The number of aliphatic hydroxyl groups excluding tert-OH is 1. The molecule has 3 amide bonds. The Morgan fingerprint density at radius 3 is 2.11 bits per heavy atom. The number of carbonyl (C=O) groups is 4. The van der Waals surface area contributed by atoms with E-state index in [4.69, 9.17) is 5.11 Å². The van der Waals surface area contributed by atoms with Crippen molar-refractivity contribution in [3.05, 3.63) is 29.8 Å². The Kier molecular flexibility index (Phi) is 11.2. The number of carbonyl (C=O) groups excluding carboxylic acids is 4. The second kappa shape index (κ2) is 13.4. The van der Waals surface area contributed by atoms with Crippen molar-refractivity contribution >= 4 is 29.2 Å². The van der Waals surface area contributed by atoms with Crippen LogP contribution in [0.3, 0.4) is 0 Å². The van der Waals surface area contributed by atoms with Gasteiger partial charge in [0.25, 0.3) is 5.91 Å². The second-order valence-corrected chi connectivity index (χ2v) is 6.42. The van der Waals surface area contributed by atoms with E-state index in [2.05, 4.69) is 16.0 Å². The number of ketones is 1. The van der Waals surface area contributed by atoms with Gasteiger partial charge in [-0.15, -0.1) is 0 Å². The first-order chi connectivity index (χ1) is 13.5. The van der Waals surface area contributed by atoms with E-state index in [-0.39, 0.29) is 36.5 Å². The zero-order valence-electron chi connectivity index (χ0n) is 16.3. The number of unbranched alkanes of at least 4 members (excludes halogenated alkanes) is 3. The molecule has 0 saturated heterocycles. The summed E-state index contributed by atoms with van der Waals surface area (Å²) in [6.07, 6.45) is 4.14. The molecule has 0 fully saturated rings. The maximum atomic E-state index is 12.0. The molecule has 0 aliphatic heterocycles. The van der Waals surface area contributed by atoms with Crippen LogP contribution in [-0.2, 0) is 14.4 Å². The number of hydrogen-bond donors (Lipinski definition) is 4. The van der Waals surface area contributed by atoms with Gasteiger partial charge >= 0.3 is 0 Å². The molecule has 1 rings (SSSR count). The first-order valence-corrected chi connectivity index (χ1v) is 9.47. The van der Waals surface area contributed by atoms with Crippen LogP contribution >= 0.6 is 0 Å². The number of nitrogens with one attached hydrogen (secondary N) is 3. The summed E-state index contributed by atoms with van der Waals surface area (Å²) >= 11 is 0. The van der Waals surface area contributed by atoms with Crippen LogP contribution in [0.25, 0.3) is 0 Å². The lowest BCUT2D eigenvalue weighted by Gasteiger charge is -2.08. The lowest BCUT2D eigenvalue weighted by molar-refractivity contribution is -0.122. The molecule has 8 nitrogen and oxygen atoms in total. The largest absolute Gasteiger partial charge is 0.389 e. The molecule has 1 aromatic rings. The van der Waals surface area contributed by atoms with Gasteiger partial charge in [-0.05, 0) is 37.1 Å². The van der Waals surface area contributed by atoms with Crippen LogP contribution in [0.5, 0.6) is 0 Å². The van der Waals surface area contributed by atoms with Gasteiger partial charge < -0.3 is 21.1 Å². The van der Waals surface area contributed by atoms with Crippen LogP contribution in [0, 0.1) is 0 Å². The highest BCUT2D eigenvalue weighted by Gasteiger charge is 2.07. The van der Waals surface area contributed by atoms with Gasteiger partial charge in [-0.2, -0.15) is 0 Å². The van der Waals surface area contributed by atoms with E-state index in [0.717, 1.165) is 25.7 Å². The summed E-state index contributed by atoms with van der Waals surface area (Å²) in [5, 5.41) is 16.5. The van der Waals surface area contributed by atoms with E-state index in [1.54, 1.807) is 31.3 Å². The normalized spacial score (nSPS) is 10.2. The molecule has 0 bridgehead atoms. The van der Waals surface area contributed by atoms with E-state index < -0.39 is 6.61 Å². The highest BCUT2D eigenvalue weighted by Crippen LogP contribution is 2.12. The van der Waals surface area contributed by atoms with Gasteiger partial charge in [0.1, 0.15) is 6.61 Å². The first-order valence-electron chi connectivity index (χ1n) is 9.47. The van der Waals surface area contributed by atoms with Gasteiger partial charge in [0.2, 0.25) is 11.8 Å². The molecular formula is C20H29N3O5. The summed E-state index contributed by atoms with van der Waals surface area (Å²) in [5.41, 5.74) is 1.06. The van der Waals surface area contributed by atoms with Crippen LogP contribution in [0.4, 0.5) is 5.69 Å². The molecule has 0 saturated carbocycles. The fourth-order valence-electron chi connectivity index (χ4n) is 2.49. The lowest BCUT2D eigenvalue weighted by atomic mass is 10.1. The van der Waals surface area contributed by atoms with Crippen molar-refractivity contribution < 1.29 is 24.3 Å². The quantitative estimate of drug-likeness (QED) is 0.378. The zero-order valence-corrected chi connectivity index (χ0v) is 16.3. The van der Waals surface area contributed by atoms with Gasteiger partial charge in [-0.1, -0.05) is 12.8 Å². The van der Waals surface area contributed by atoms with Gasteiger partial charge in [-0.25, -0.2) is 0 Å². The third-order valence-corrected chi connectivity index (χ3v) is 4.13. The Morgan fingerprint density at radius 2 is 1.50 bits per heavy atom. The summed E-state index contributed by atoms with van der Waals surface area (Å²) in [6.45, 7) is -0.149. The van der Waals surface area contributed by atoms with E-state index in [1.165, 1.54) is 0 Å². The minimum Gasteiger partial charge on any atom is -0.389 e. The molecule has 0 heterocycles. The molecule has 4 N–H and O–H groups in total. The zero-order chi connectivity index (χ0) is 20.8. The van der Waals surface area contributed by atoms with Gasteiger partial charge in [-0.3, -0.25) is 19.2 Å². The predicted octanol–water partition coefficient (Wildman–Crippen LogP) is 1.39. The lowest BCUT2D eigenvalue weighted by Crippen LogP contribution is -2.29.